The van der Waals surface area contributed by atoms with Gasteiger partial charge in [-0.15, -0.1) is 0 Å². The Labute approximate surface area is 178 Å². The van der Waals surface area contributed by atoms with Gasteiger partial charge < -0.3 is 0 Å². The van der Waals surface area contributed by atoms with Crippen molar-refractivity contribution in [3.63, 3.8) is 0 Å². The predicted molar refractivity (Wildman–Crippen MR) is 116 cm³/mol. The summed E-state index contributed by atoms with van der Waals surface area (Å²) in [5.74, 6) is -0.236. The summed E-state index contributed by atoms with van der Waals surface area (Å²) in [5.41, 5.74) is 5.85. The Hall–Kier alpha value is -3.73. The molecule has 3 aromatic rings. The van der Waals surface area contributed by atoms with E-state index in [0.29, 0.717) is 23.0 Å². The van der Waals surface area contributed by atoms with Crippen molar-refractivity contribution in [2.45, 2.75) is 31.3 Å². The number of carbonyl (C=O) groups is 1. The zero-order valence-corrected chi connectivity index (χ0v) is 17.6. The van der Waals surface area contributed by atoms with Crippen molar-refractivity contribution in [2.75, 3.05) is 5.43 Å². The van der Waals surface area contributed by atoms with Crippen LogP contribution >= 0.6 is 0 Å². The van der Waals surface area contributed by atoms with E-state index in [0.717, 1.165) is 0 Å². The third kappa shape index (κ3) is 3.75. The summed E-state index contributed by atoms with van der Waals surface area (Å²) >= 11 is 0. The largest absolute Gasteiger partial charge is 0.277 e. The Bertz CT molecular complexity index is 1380. The molecule has 1 aromatic heterocycles. The van der Waals surface area contributed by atoms with Crippen LogP contribution in [0, 0.1) is 0 Å². The number of carbonyl (C=O) groups excluding carboxylic acids is 1. The number of anilines is 1. The van der Waals surface area contributed by atoms with E-state index in [1.165, 1.54) is 17.6 Å². The van der Waals surface area contributed by atoms with E-state index in [1.54, 1.807) is 49.4 Å². The first-order chi connectivity index (χ1) is 14.8. The molecular weight excluding hydrogens is 420 g/mol. The fourth-order valence-electron chi connectivity index (χ4n) is 3.26. The molecule has 31 heavy (non-hydrogen) atoms. The lowest BCUT2D eigenvalue weighted by Gasteiger charge is -2.15. The number of hydrogen-bond acceptors (Lipinski definition) is 7. The Morgan fingerprint density at radius 2 is 1.90 bits per heavy atom. The number of aromatic nitrogens is 2. The second-order valence-corrected chi connectivity index (χ2v) is 8.52. The van der Waals surface area contributed by atoms with E-state index in [9.17, 15) is 18.0 Å². The van der Waals surface area contributed by atoms with Crippen LogP contribution in [0.3, 0.4) is 0 Å². The molecule has 10 nitrogen and oxygen atoms in total. The van der Waals surface area contributed by atoms with Gasteiger partial charge in [-0.1, -0.05) is 24.3 Å². The molecule has 11 heteroatoms. The maximum absolute atomic E-state index is 12.7. The summed E-state index contributed by atoms with van der Waals surface area (Å²) in [6, 6.07) is 12.4. The van der Waals surface area contributed by atoms with Crippen molar-refractivity contribution in [3.05, 3.63) is 64.4 Å². The van der Waals surface area contributed by atoms with Crippen LogP contribution in [0.15, 0.2) is 63.2 Å². The predicted octanol–water partition coefficient (Wildman–Crippen LogP) is 0.987. The van der Waals surface area contributed by atoms with Gasteiger partial charge in [-0.2, -0.15) is 0 Å². The first-order valence-electron chi connectivity index (χ1n) is 9.57. The lowest BCUT2D eigenvalue weighted by atomic mass is 10.2. The highest BCUT2D eigenvalue weighted by Crippen LogP contribution is 2.22. The lowest BCUT2D eigenvalue weighted by molar-refractivity contribution is -0.121. The molecule has 0 spiro atoms. The topological polar surface area (TPSA) is 135 Å². The molecule has 1 aliphatic heterocycles. The average molecular weight is 440 g/mol. The molecule has 0 radical (unpaired) electrons. The molecular formula is C20H20N6O4S. The number of hydrogen-bond donors (Lipinski definition) is 3. The number of benzene rings is 2. The van der Waals surface area contributed by atoms with E-state index in [4.69, 9.17) is 0 Å². The summed E-state index contributed by atoms with van der Waals surface area (Å²) in [5, 5.41) is 0.480. The number of amidine groups is 1. The minimum Gasteiger partial charge on any atom is -0.277 e. The molecule has 1 aliphatic rings. The number of nitrogens with one attached hydrogen (secondary N) is 3. The monoisotopic (exact) mass is 440 g/mol. The normalized spacial score (nSPS) is 16.5. The van der Waals surface area contributed by atoms with Crippen LogP contribution < -0.4 is 21.1 Å². The van der Waals surface area contributed by atoms with E-state index < -0.39 is 22.0 Å². The van der Waals surface area contributed by atoms with Crippen LogP contribution in [0.2, 0.25) is 0 Å². The number of para-hydroxylation sites is 1. The number of rotatable bonds is 5. The number of amides is 1. The number of sulfonamides is 1. The van der Waals surface area contributed by atoms with Gasteiger partial charge in [0.15, 0.2) is 0 Å². The van der Waals surface area contributed by atoms with Gasteiger partial charge in [0.25, 0.3) is 21.5 Å². The molecule has 4 rings (SSSR count). The van der Waals surface area contributed by atoms with Crippen molar-refractivity contribution in [2.24, 2.45) is 4.99 Å². The molecule has 3 N–H and O–H groups in total. The minimum atomic E-state index is -3.69. The fourth-order valence-corrected chi connectivity index (χ4v) is 4.50. The molecule has 0 fully saturated rings. The molecule has 2 aromatic carbocycles. The van der Waals surface area contributed by atoms with Crippen LogP contribution in [0.4, 0.5) is 5.95 Å². The molecule has 1 atom stereocenters. The van der Waals surface area contributed by atoms with Gasteiger partial charge in [0.1, 0.15) is 11.9 Å². The van der Waals surface area contributed by atoms with Crippen molar-refractivity contribution >= 4 is 38.6 Å². The highest BCUT2D eigenvalue weighted by atomic mass is 32.2. The first kappa shape index (κ1) is 20.5. The van der Waals surface area contributed by atoms with Crippen molar-refractivity contribution in [3.8, 4) is 0 Å². The van der Waals surface area contributed by atoms with Crippen LogP contribution in [0.5, 0.6) is 0 Å². The third-order valence-corrected chi connectivity index (χ3v) is 6.24. The van der Waals surface area contributed by atoms with Crippen molar-refractivity contribution in [1.29, 1.82) is 0 Å². The Morgan fingerprint density at radius 1 is 1.19 bits per heavy atom. The standard InChI is InChI=1S/C20H20N6O4S/c1-3-26-19(28)13-8-4-6-10-15(13)22-20(26)24-23-18(27)12(2)21-17-14-9-5-7-11-16(14)31(29,30)25-17/h4-12H,3H2,1-2H3,(H,21,25)(H,22,24)(H,23,27)/t12-/m0/s1. The number of fused-ring (bicyclic) bond motifs is 2. The zero-order chi connectivity index (χ0) is 22.2. The summed E-state index contributed by atoms with van der Waals surface area (Å²) in [7, 11) is -3.69. The molecule has 0 unspecified atom stereocenters. The number of aliphatic imine (C=N–C) groups is 1. The lowest BCUT2D eigenvalue weighted by Crippen LogP contribution is -2.39. The average Bonchev–Trinajstić information content (AvgIpc) is 3.02. The molecule has 0 saturated carbocycles. The molecule has 0 bridgehead atoms. The SMILES string of the molecule is CCn1c(NNC(=O)[C@H](C)N=C2NS(=O)(=O)c3ccccc32)nc2ccccc2c1=O. The Morgan fingerprint density at radius 3 is 2.68 bits per heavy atom. The molecule has 160 valence electrons. The Balaban J connectivity index is 1.55. The van der Waals surface area contributed by atoms with Crippen molar-refractivity contribution in [1.82, 2.24) is 19.7 Å². The first-order valence-corrected chi connectivity index (χ1v) is 11.1. The maximum Gasteiger partial charge on any atom is 0.263 e. The van der Waals surface area contributed by atoms with E-state index in [1.807, 2.05) is 0 Å². The Kier molecular flexibility index (Phi) is 5.19. The minimum absolute atomic E-state index is 0.104. The van der Waals surface area contributed by atoms with Crippen molar-refractivity contribution < 1.29 is 13.2 Å². The maximum atomic E-state index is 12.7. The third-order valence-electron chi connectivity index (χ3n) is 4.84. The summed E-state index contributed by atoms with van der Waals surface area (Å²) in [6.45, 7) is 3.67. The molecule has 0 saturated heterocycles. The van der Waals surface area contributed by atoms with Crippen LogP contribution in [0.25, 0.3) is 10.9 Å². The van der Waals surface area contributed by atoms with Crippen LogP contribution in [0.1, 0.15) is 19.4 Å². The van der Waals surface area contributed by atoms with Crippen LogP contribution in [-0.2, 0) is 21.4 Å². The highest BCUT2D eigenvalue weighted by Gasteiger charge is 2.31. The second-order valence-electron chi connectivity index (χ2n) is 6.87. The van der Waals surface area contributed by atoms with Crippen LogP contribution in [-0.4, -0.2) is 35.8 Å². The molecule has 2 heterocycles. The van der Waals surface area contributed by atoms with Gasteiger partial charge in [0.2, 0.25) is 5.95 Å². The quantitative estimate of drug-likeness (QED) is 0.507. The highest BCUT2D eigenvalue weighted by molar-refractivity contribution is 7.90. The van der Waals surface area contributed by atoms with E-state index >= 15 is 0 Å². The fraction of sp³-hybridized carbons (Fsp3) is 0.200. The summed E-state index contributed by atoms with van der Waals surface area (Å²) in [4.78, 5) is 33.9. The van der Waals surface area contributed by atoms with Gasteiger partial charge in [0, 0.05) is 12.1 Å². The van der Waals surface area contributed by atoms with Gasteiger partial charge >= 0.3 is 0 Å². The molecule has 0 aliphatic carbocycles. The second kappa shape index (κ2) is 7.84. The van der Waals surface area contributed by atoms with Gasteiger partial charge in [-0.05, 0) is 38.1 Å². The summed E-state index contributed by atoms with van der Waals surface area (Å²) in [6.07, 6.45) is 0. The van der Waals surface area contributed by atoms with Gasteiger partial charge in [-0.25, -0.2) is 13.4 Å². The number of nitrogens with zero attached hydrogens (tertiary/aromatic N) is 3. The smallest absolute Gasteiger partial charge is 0.263 e. The van der Waals surface area contributed by atoms with E-state index in [2.05, 4.69) is 25.6 Å². The number of hydrazine groups is 1. The summed E-state index contributed by atoms with van der Waals surface area (Å²) < 4.78 is 28.1. The van der Waals surface area contributed by atoms with E-state index in [-0.39, 0.29) is 22.2 Å². The zero-order valence-electron chi connectivity index (χ0n) is 16.8. The van der Waals surface area contributed by atoms with Gasteiger partial charge in [0.05, 0.1) is 15.8 Å². The van der Waals surface area contributed by atoms with Gasteiger partial charge in [-0.3, -0.25) is 34.7 Å². The molecule has 1 amide bonds.